The van der Waals surface area contributed by atoms with Crippen molar-refractivity contribution in [2.45, 2.75) is 26.7 Å². The van der Waals surface area contributed by atoms with E-state index in [1.54, 1.807) is 4.90 Å². The van der Waals surface area contributed by atoms with Crippen LogP contribution in [0.15, 0.2) is 0 Å². The van der Waals surface area contributed by atoms with E-state index in [1.807, 2.05) is 13.8 Å². The van der Waals surface area contributed by atoms with Crippen LogP contribution in [-0.4, -0.2) is 30.4 Å². The summed E-state index contributed by atoms with van der Waals surface area (Å²) in [5.74, 6) is 0.0251. The predicted octanol–water partition coefficient (Wildman–Crippen LogP) is 0.733. The molecule has 0 aromatic heterocycles. The maximum Gasteiger partial charge on any atom is 0.230 e. The molecule has 0 heterocycles. The molecular formula is C11H19N3O. The van der Waals surface area contributed by atoms with E-state index in [9.17, 15) is 4.79 Å². The molecule has 1 aliphatic carbocycles. The summed E-state index contributed by atoms with van der Waals surface area (Å²) in [6.45, 7) is 5.38. The summed E-state index contributed by atoms with van der Waals surface area (Å²) in [5, 5.41) is 8.72. The number of rotatable bonds is 5. The normalized spacial score (nSPS) is 19.1. The Morgan fingerprint density at radius 3 is 2.60 bits per heavy atom. The van der Waals surface area contributed by atoms with E-state index < -0.39 is 0 Å². The molecule has 2 N–H and O–H groups in total. The minimum atomic E-state index is -0.287. The highest BCUT2D eigenvalue weighted by Gasteiger charge is 2.50. The van der Waals surface area contributed by atoms with E-state index in [0.29, 0.717) is 19.6 Å². The van der Waals surface area contributed by atoms with Crippen LogP contribution in [0, 0.1) is 22.7 Å². The molecule has 1 saturated carbocycles. The predicted molar refractivity (Wildman–Crippen MR) is 57.8 cm³/mol. The number of hydrogen-bond acceptors (Lipinski definition) is 3. The molecule has 1 aliphatic rings. The Morgan fingerprint density at radius 2 is 2.27 bits per heavy atom. The largest absolute Gasteiger partial charge is 0.341 e. The molecule has 15 heavy (non-hydrogen) atoms. The summed E-state index contributed by atoms with van der Waals surface area (Å²) in [6, 6.07) is 2.15. The maximum atomic E-state index is 12.1. The van der Waals surface area contributed by atoms with Crippen molar-refractivity contribution in [3.63, 3.8) is 0 Å². The van der Waals surface area contributed by atoms with Crippen molar-refractivity contribution in [3.05, 3.63) is 0 Å². The minimum Gasteiger partial charge on any atom is -0.341 e. The second-order valence-electron chi connectivity index (χ2n) is 4.36. The molecule has 0 bridgehead atoms. The van der Waals surface area contributed by atoms with Gasteiger partial charge in [-0.1, -0.05) is 0 Å². The summed E-state index contributed by atoms with van der Waals surface area (Å²) in [5.41, 5.74) is 5.33. The van der Waals surface area contributed by atoms with Gasteiger partial charge >= 0.3 is 0 Å². The van der Waals surface area contributed by atoms with Crippen molar-refractivity contribution in [3.8, 4) is 6.07 Å². The van der Waals surface area contributed by atoms with Crippen LogP contribution < -0.4 is 5.73 Å². The van der Waals surface area contributed by atoms with Crippen LogP contribution in [-0.2, 0) is 4.79 Å². The highest BCUT2D eigenvalue weighted by atomic mass is 16.2. The number of carbonyl (C=O) groups excluding carboxylic acids is 1. The molecule has 1 unspecified atom stereocenters. The van der Waals surface area contributed by atoms with Gasteiger partial charge in [0.1, 0.15) is 0 Å². The van der Waals surface area contributed by atoms with E-state index in [2.05, 4.69) is 6.07 Å². The van der Waals surface area contributed by atoms with Gasteiger partial charge in [0.25, 0.3) is 0 Å². The Kier molecular flexibility index (Phi) is 3.70. The number of amides is 1. The fraction of sp³-hybridized carbons (Fsp3) is 0.818. The van der Waals surface area contributed by atoms with Gasteiger partial charge in [-0.05, 0) is 26.7 Å². The first-order chi connectivity index (χ1) is 7.09. The summed E-state index contributed by atoms with van der Waals surface area (Å²) in [6.07, 6.45) is 1.81. The first-order valence-electron chi connectivity index (χ1n) is 5.48. The summed E-state index contributed by atoms with van der Waals surface area (Å²) >= 11 is 0. The lowest BCUT2D eigenvalue weighted by Crippen LogP contribution is -2.42. The van der Waals surface area contributed by atoms with Gasteiger partial charge in [-0.15, -0.1) is 0 Å². The monoisotopic (exact) mass is 209 g/mol. The summed E-state index contributed by atoms with van der Waals surface area (Å²) in [7, 11) is 0. The third-order valence-electron chi connectivity index (χ3n) is 3.08. The van der Waals surface area contributed by atoms with Crippen molar-refractivity contribution >= 4 is 5.91 Å². The van der Waals surface area contributed by atoms with Crippen molar-refractivity contribution in [2.24, 2.45) is 17.1 Å². The van der Waals surface area contributed by atoms with Gasteiger partial charge < -0.3 is 10.6 Å². The molecule has 1 rings (SSSR count). The maximum absolute atomic E-state index is 12.1. The number of hydrogen-bond donors (Lipinski definition) is 1. The van der Waals surface area contributed by atoms with Crippen LogP contribution in [0.1, 0.15) is 26.7 Å². The lowest BCUT2D eigenvalue weighted by molar-refractivity contribution is -0.136. The number of nitriles is 1. The number of nitrogens with two attached hydrogens (primary N) is 1. The SMILES string of the molecule is CCN(CC(C)C#N)C(=O)C1(CN)CC1. The second-order valence-corrected chi connectivity index (χ2v) is 4.36. The zero-order chi connectivity index (χ0) is 11.5. The smallest absolute Gasteiger partial charge is 0.230 e. The van der Waals surface area contributed by atoms with Crippen molar-refractivity contribution in [1.82, 2.24) is 4.90 Å². The molecule has 0 aromatic carbocycles. The standard InChI is InChI=1S/C11H19N3O/c1-3-14(7-9(2)6-12)10(15)11(8-13)4-5-11/h9H,3-5,7-8,13H2,1-2H3. The third-order valence-corrected chi connectivity index (χ3v) is 3.08. The van der Waals surface area contributed by atoms with E-state index >= 15 is 0 Å². The molecule has 1 fully saturated rings. The molecule has 4 nitrogen and oxygen atoms in total. The molecule has 1 amide bonds. The third kappa shape index (κ3) is 2.48. The molecule has 0 radical (unpaired) electrons. The fourth-order valence-corrected chi connectivity index (χ4v) is 1.72. The van der Waals surface area contributed by atoms with Crippen LogP contribution in [0.2, 0.25) is 0 Å². The van der Waals surface area contributed by atoms with Crippen molar-refractivity contribution < 1.29 is 4.79 Å². The van der Waals surface area contributed by atoms with Gasteiger partial charge in [0, 0.05) is 19.6 Å². The van der Waals surface area contributed by atoms with Crippen LogP contribution in [0.4, 0.5) is 0 Å². The average Bonchev–Trinajstić information content (AvgIpc) is 3.05. The number of nitrogens with zero attached hydrogens (tertiary/aromatic N) is 2. The van der Waals surface area contributed by atoms with E-state index in [-0.39, 0.29) is 17.2 Å². The fourth-order valence-electron chi connectivity index (χ4n) is 1.72. The Balaban J connectivity index is 2.59. The number of carbonyl (C=O) groups is 1. The van der Waals surface area contributed by atoms with Crippen molar-refractivity contribution in [1.29, 1.82) is 5.26 Å². The first kappa shape index (κ1) is 12.0. The molecule has 0 spiro atoms. The van der Waals surface area contributed by atoms with Gasteiger partial charge in [-0.2, -0.15) is 5.26 Å². The second kappa shape index (κ2) is 4.63. The van der Waals surface area contributed by atoms with Crippen LogP contribution in [0.25, 0.3) is 0 Å². The van der Waals surface area contributed by atoms with Crippen LogP contribution >= 0.6 is 0 Å². The molecule has 0 aromatic rings. The molecule has 4 heteroatoms. The van der Waals surface area contributed by atoms with Crippen molar-refractivity contribution in [2.75, 3.05) is 19.6 Å². The Bertz CT molecular complexity index is 278. The Hall–Kier alpha value is -1.08. The van der Waals surface area contributed by atoms with Gasteiger partial charge in [0.15, 0.2) is 0 Å². The molecule has 0 aliphatic heterocycles. The Morgan fingerprint density at radius 1 is 1.67 bits per heavy atom. The molecule has 0 saturated heterocycles. The Labute approximate surface area is 91.0 Å². The minimum absolute atomic E-state index is 0.109. The summed E-state index contributed by atoms with van der Waals surface area (Å²) < 4.78 is 0. The lowest BCUT2D eigenvalue weighted by Gasteiger charge is -2.26. The van der Waals surface area contributed by atoms with Crippen LogP contribution in [0.5, 0.6) is 0 Å². The van der Waals surface area contributed by atoms with E-state index in [0.717, 1.165) is 12.8 Å². The zero-order valence-corrected chi connectivity index (χ0v) is 9.49. The van der Waals surface area contributed by atoms with E-state index in [4.69, 9.17) is 11.0 Å². The van der Waals surface area contributed by atoms with Gasteiger partial charge in [0.05, 0.1) is 17.4 Å². The van der Waals surface area contributed by atoms with Gasteiger partial charge in [-0.25, -0.2) is 0 Å². The average molecular weight is 209 g/mol. The summed E-state index contributed by atoms with van der Waals surface area (Å²) in [4.78, 5) is 13.8. The molecular weight excluding hydrogens is 190 g/mol. The zero-order valence-electron chi connectivity index (χ0n) is 9.49. The highest BCUT2D eigenvalue weighted by Crippen LogP contribution is 2.46. The highest BCUT2D eigenvalue weighted by molar-refractivity contribution is 5.85. The van der Waals surface area contributed by atoms with Gasteiger partial charge in [-0.3, -0.25) is 4.79 Å². The first-order valence-corrected chi connectivity index (χ1v) is 5.48. The van der Waals surface area contributed by atoms with Crippen LogP contribution in [0.3, 0.4) is 0 Å². The van der Waals surface area contributed by atoms with E-state index in [1.165, 1.54) is 0 Å². The lowest BCUT2D eigenvalue weighted by atomic mass is 10.0. The quantitative estimate of drug-likeness (QED) is 0.725. The topological polar surface area (TPSA) is 70.1 Å². The molecule has 1 atom stereocenters. The molecule has 84 valence electrons. The van der Waals surface area contributed by atoms with Gasteiger partial charge in [0.2, 0.25) is 5.91 Å².